The van der Waals surface area contributed by atoms with E-state index in [1.54, 1.807) is 25.1 Å². The number of phenols is 1. The molecule has 3 rings (SSSR count). The number of nitrogens with two attached hydrogens (primary N) is 1. The maximum absolute atomic E-state index is 12.8. The molecule has 10 nitrogen and oxygen atoms in total. The van der Waals surface area contributed by atoms with Crippen molar-refractivity contribution in [2.45, 2.75) is 37.6 Å². The van der Waals surface area contributed by atoms with Gasteiger partial charge in [0.25, 0.3) is 5.91 Å². The van der Waals surface area contributed by atoms with Crippen molar-refractivity contribution in [3.05, 3.63) is 82.9 Å². The summed E-state index contributed by atoms with van der Waals surface area (Å²) in [6.07, 6.45) is 0.320. The third kappa shape index (κ3) is 7.31. The number of nitrogens with zero attached hydrogens (tertiary/aromatic N) is 1. The largest absolute Gasteiger partial charge is 0.506 e. The molecule has 3 aromatic carbocycles. The molecule has 0 bridgehead atoms. The van der Waals surface area contributed by atoms with E-state index in [0.29, 0.717) is 0 Å². The number of nitrogens with one attached hydrogen (secondary N) is 3. The highest BCUT2D eigenvalue weighted by Gasteiger charge is 2.25. The zero-order chi connectivity index (χ0) is 27.9. The molecule has 1 unspecified atom stereocenters. The summed E-state index contributed by atoms with van der Waals surface area (Å²) < 4.78 is 27.6. The first-order valence-corrected chi connectivity index (χ1v) is 13.4. The molecule has 0 fully saturated rings. The van der Waals surface area contributed by atoms with E-state index in [4.69, 9.17) is 17.4 Å². The van der Waals surface area contributed by atoms with Gasteiger partial charge in [-0.2, -0.15) is 9.82 Å². The Kier molecular flexibility index (Phi) is 9.45. The van der Waals surface area contributed by atoms with Crippen LogP contribution in [-0.4, -0.2) is 37.1 Å². The first-order valence-electron chi connectivity index (χ1n) is 11.6. The molecule has 0 aromatic heterocycles. The Morgan fingerprint density at radius 2 is 1.68 bits per heavy atom. The van der Waals surface area contributed by atoms with E-state index in [-0.39, 0.29) is 45.6 Å². The number of hydrogen-bond donors (Lipinski definition) is 5. The Morgan fingerprint density at radius 1 is 1.03 bits per heavy atom. The third-order valence-corrected chi connectivity index (χ3v) is 7.38. The summed E-state index contributed by atoms with van der Waals surface area (Å²) >= 11 is 6.29. The minimum absolute atomic E-state index is 0.00279. The molecular weight excluding hydrogens is 530 g/mol. The Balaban J connectivity index is 1.70. The molecule has 0 radical (unpaired) electrons. The number of anilines is 2. The third-order valence-electron chi connectivity index (χ3n) is 5.58. The quantitative estimate of drug-likeness (QED) is 0.111. The molecule has 0 heterocycles. The van der Waals surface area contributed by atoms with E-state index in [2.05, 4.69) is 20.5 Å². The van der Waals surface area contributed by atoms with Crippen LogP contribution in [-0.2, 0) is 26.0 Å². The molecule has 0 aliphatic carbocycles. The van der Waals surface area contributed by atoms with Crippen LogP contribution in [0, 0.1) is 6.92 Å². The van der Waals surface area contributed by atoms with Crippen molar-refractivity contribution in [3.8, 4) is 5.75 Å². The lowest BCUT2D eigenvalue weighted by atomic mass is 10.1. The maximum atomic E-state index is 12.8. The van der Waals surface area contributed by atoms with E-state index >= 15 is 0 Å². The molecule has 0 saturated carbocycles. The fourth-order valence-corrected chi connectivity index (χ4v) is 4.94. The van der Waals surface area contributed by atoms with Crippen LogP contribution in [0.15, 0.2) is 76.7 Å². The van der Waals surface area contributed by atoms with Crippen LogP contribution in [0.3, 0.4) is 0 Å². The molecule has 0 spiro atoms. The second kappa shape index (κ2) is 12.5. The highest BCUT2D eigenvalue weighted by Crippen LogP contribution is 2.34. The average Bonchev–Trinajstić information content (AvgIpc) is 2.90. The molecule has 1 atom stereocenters. The monoisotopic (exact) mass is 557 g/mol. The summed E-state index contributed by atoms with van der Waals surface area (Å²) in [4.78, 5) is 25.6. The molecule has 12 heteroatoms. The SMILES string of the molecule is CCC(NS(=O)(=O)c1ccccc1)C(=O)Nc1cc(O)c(NC(=O)/C(Cc2ccc(C)cc2)=N/N)cc1Cl. The number of sulfonamides is 1. The summed E-state index contributed by atoms with van der Waals surface area (Å²) in [7, 11) is -3.95. The molecule has 6 N–H and O–H groups in total. The Morgan fingerprint density at radius 3 is 2.29 bits per heavy atom. The second-order valence-electron chi connectivity index (χ2n) is 8.43. The summed E-state index contributed by atoms with van der Waals surface area (Å²) in [5.74, 6) is 3.71. The van der Waals surface area contributed by atoms with Gasteiger partial charge in [0.2, 0.25) is 15.9 Å². The highest BCUT2D eigenvalue weighted by atomic mass is 35.5. The normalized spacial score (nSPS) is 12.6. The lowest BCUT2D eigenvalue weighted by Crippen LogP contribution is -2.43. The van der Waals surface area contributed by atoms with Crippen molar-refractivity contribution in [2.75, 3.05) is 10.6 Å². The first kappa shape index (κ1) is 28.6. The second-order valence-corrected chi connectivity index (χ2v) is 10.5. The Labute approximate surface area is 226 Å². The number of carbonyl (C=O) groups excluding carboxylic acids is 2. The number of halogens is 1. The number of amides is 2. The van der Waals surface area contributed by atoms with Crippen LogP contribution in [0.4, 0.5) is 11.4 Å². The highest BCUT2D eigenvalue weighted by molar-refractivity contribution is 7.89. The van der Waals surface area contributed by atoms with E-state index in [0.717, 1.165) is 17.2 Å². The smallest absolute Gasteiger partial charge is 0.272 e. The molecule has 2 amide bonds. The predicted molar refractivity (Wildman–Crippen MR) is 148 cm³/mol. The van der Waals surface area contributed by atoms with Crippen LogP contribution in [0.25, 0.3) is 0 Å². The van der Waals surface area contributed by atoms with Crippen molar-refractivity contribution in [2.24, 2.45) is 10.9 Å². The van der Waals surface area contributed by atoms with Crippen LogP contribution >= 0.6 is 11.6 Å². The summed E-state index contributed by atoms with van der Waals surface area (Å²) in [6, 6.07) is 16.4. The molecular formula is C26H28ClN5O5S. The fraction of sp³-hybridized carbons (Fsp3) is 0.192. The van der Waals surface area contributed by atoms with Crippen molar-refractivity contribution >= 4 is 50.5 Å². The van der Waals surface area contributed by atoms with Gasteiger partial charge in [0.05, 0.1) is 21.3 Å². The molecule has 0 saturated heterocycles. The topological polar surface area (TPSA) is 163 Å². The summed E-state index contributed by atoms with van der Waals surface area (Å²) in [5, 5.41) is 19.1. The van der Waals surface area contributed by atoms with E-state index < -0.39 is 27.9 Å². The van der Waals surface area contributed by atoms with Crippen molar-refractivity contribution in [1.29, 1.82) is 0 Å². The molecule has 3 aromatic rings. The Hall–Kier alpha value is -3.93. The van der Waals surface area contributed by atoms with Crippen molar-refractivity contribution in [1.82, 2.24) is 4.72 Å². The Bertz CT molecular complexity index is 1440. The lowest BCUT2D eigenvalue weighted by Gasteiger charge is -2.18. The number of phenolic OH excluding ortho intramolecular Hbond substituents is 1. The van der Waals surface area contributed by atoms with E-state index in [1.165, 1.54) is 18.2 Å². The summed E-state index contributed by atoms with van der Waals surface area (Å²) in [6.45, 7) is 3.58. The first-order chi connectivity index (χ1) is 18.0. The van der Waals surface area contributed by atoms with Gasteiger partial charge >= 0.3 is 0 Å². The molecule has 0 aliphatic heterocycles. The number of hydrogen-bond acceptors (Lipinski definition) is 7. The van der Waals surface area contributed by atoms with Crippen LogP contribution in [0.2, 0.25) is 5.02 Å². The summed E-state index contributed by atoms with van der Waals surface area (Å²) in [5.41, 5.74) is 1.91. The van der Waals surface area contributed by atoms with Gasteiger partial charge in [0.15, 0.2) is 0 Å². The van der Waals surface area contributed by atoms with Gasteiger partial charge in [-0.3, -0.25) is 9.59 Å². The predicted octanol–water partition coefficient (Wildman–Crippen LogP) is 3.55. The minimum Gasteiger partial charge on any atom is -0.506 e. The van der Waals surface area contributed by atoms with Crippen LogP contribution < -0.4 is 21.2 Å². The molecule has 200 valence electrons. The van der Waals surface area contributed by atoms with Crippen molar-refractivity contribution < 1.29 is 23.1 Å². The minimum atomic E-state index is -3.95. The zero-order valence-corrected chi connectivity index (χ0v) is 22.3. The molecule has 0 aliphatic rings. The molecule has 38 heavy (non-hydrogen) atoms. The zero-order valence-electron chi connectivity index (χ0n) is 20.7. The number of aromatic hydroxyl groups is 1. The van der Waals surface area contributed by atoms with Gasteiger partial charge in [-0.1, -0.05) is 66.6 Å². The van der Waals surface area contributed by atoms with E-state index in [1.807, 2.05) is 31.2 Å². The van der Waals surface area contributed by atoms with Gasteiger partial charge in [-0.25, -0.2) is 8.42 Å². The van der Waals surface area contributed by atoms with Crippen LogP contribution in [0.5, 0.6) is 5.75 Å². The number of rotatable bonds is 10. The number of benzene rings is 3. The van der Waals surface area contributed by atoms with Crippen LogP contribution in [0.1, 0.15) is 24.5 Å². The fourth-order valence-electron chi connectivity index (χ4n) is 3.43. The average molecular weight is 558 g/mol. The van der Waals surface area contributed by atoms with Gasteiger partial charge in [0, 0.05) is 12.5 Å². The number of hydrazone groups is 1. The van der Waals surface area contributed by atoms with Gasteiger partial charge in [-0.15, -0.1) is 0 Å². The van der Waals surface area contributed by atoms with E-state index in [9.17, 15) is 23.1 Å². The number of aryl methyl sites for hydroxylation is 1. The number of carbonyl (C=O) groups is 2. The standard InChI is InChI=1S/C26H28ClN5O5S/c1-3-20(32-38(36,37)18-7-5-4-6-8-18)25(34)29-21-15-24(33)22(14-19(21)27)30-26(35)23(31-28)13-17-11-9-16(2)10-12-17/h4-12,14-15,20,32-33H,3,13,28H2,1-2H3,(H,29,34)(H,30,35)/b31-23+. The van der Waals surface area contributed by atoms with Gasteiger partial charge < -0.3 is 21.6 Å². The lowest BCUT2D eigenvalue weighted by molar-refractivity contribution is -0.117. The van der Waals surface area contributed by atoms with Gasteiger partial charge in [-0.05, 0) is 37.1 Å². The maximum Gasteiger partial charge on any atom is 0.272 e. The van der Waals surface area contributed by atoms with Gasteiger partial charge in [0.1, 0.15) is 17.5 Å². The van der Waals surface area contributed by atoms with Crippen molar-refractivity contribution in [3.63, 3.8) is 0 Å².